The van der Waals surface area contributed by atoms with E-state index in [2.05, 4.69) is 15.9 Å². The normalized spacial score (nSPS) is 17.7. The summed E-state index contributed by atoms with van der Waals surface area (Å²) in [7, 11) is -3.44. The minimum Gasteiger partial charge on any atom is -0.391 e. The first-order valence-corrected chi connectivity index (χ1v) is 6.20. The number of fused-ring (bicyclic) bond motifs is 1. The Hall–Kier alpha value is -0.650. The second-order valence-electron chi connectivity index (χ2n) is 2.92. The van der Waals surface area contributed by atoms with Crippen molar-refractivity contribution in [1.29, 1.82) is 0 Å². The van der Waals surface area contributed by atoms with E-state index in [-0.39, 0.29) is 9.80 Å². The molecule has 1 aromatic carbocycles. The minimum atomic E-state index is -3.44. The predicted molar refractivity (Wildman–Crippen MR) is 56.4 cm³/mol. The average Bonchev–Trinajstić information content (AvgIpc) is 2.40. The number of aliphatic hydroxyl groups is 1. The van der Waals surface area contributed by atoms with Crippen LogP contribution in [0.3, 0.4) is 0 Å². The zero-order valence-corrected chi connectivity index (χ0v) is 9.47. The van der Waals surface area contributed by atoms with Crippen LogP contribution < -0.4 is 0 Å². The van der Waals surface area contributed by atoms with Crippen molar-refractivity contribution in [1.82, 2.24) is 0 Å². The molecule has 5 heteroatoms. The third kappa shape index (κ3) is 1.24. The Morgan fingerprint density at radius 2 is 2.07 bits per heavy atom. The van der Waals surface area contributed by atoms with Gasteiger partial charge in [0, 0.05) is 10.0 Å². The topological polar surface area (TPSA) is 54.4 Å². The smallest absolute Gasteiger partial charge is 0.205 e. The van der Waals surface area contributed by atoms with Gasteiger partial charge in [-0.3, -0.25) is 0 Å². The highest BCUT2D eigenvalue weighted by Crippen LogP contribution is 2.36. The Morgan fingerprint density at radius 3 is 2.64 bits per heavy atom. The highest BCUT2D eigenvalue weighted by Gasteiger charge is 2.29. The Morgan fingerprint density at radius 1 is 1.36 bits per heavy atom. The Bertz CT molecular complexity index is 517. The van der Waals surface area contributed by atoms with Crippen molar-refractivity contribution in [2.45, 2.75) is 4.90 Å². The molecule has 2 rings (SSSR count). The van der Waals surface area contributed by atoms with Crippen molar-refractivity contribution in [2.75, 3.05) is 6.61 Å². The van der Waals surface area contributed by atoms with Gasteiger partial charge in [0.1, 0.15) is 0 Å². The van der Waals surface area contributed by atoms with Gasteiger partial charge in [0.15, 0.2) is 0 Å². The molecule has 0 fully saturated rings. The molecule has 1 aliphatic heterocycles. The monoisotopic (exact) mass is 274 g/mol. The van der Waals surface area contributed by atoms with Crippen molar-refractivity contribution in [2.24, 2.45) is 0 Å². The maximum Gasteiger partial charge on any atom is 0.205 e. The van der Waals surface area contributed by atoms with Crippen LogP contribution in [0.4, 0.5) is 0 Å². The number of aliphatic hydroxyl groups excluding tert-OH is 1. The number of benzene rings is 1. The summed E-state index contributed by atoms with van der Waals surface area (Å²) in [6, 6.07) is 4.97. The number of sulfone groups is 1. The fourth-order valence-corrected chi connectivity index (χ4v) is 3.46. The minimum absolute atomic E-state index is 0.0550. The molecule has 1 aliphatic rings. The molecule has 0 saturated heterocycles. The lowest BCUT2D eigenvalue weighted by molar-refractivity contribution is 0.339. The van der Waals surface area contributed by atoms with Crippen molar-refractivity contribution in [3.8, 4) is 0 Å². The first-order chi connectivity index (χ1) is 6.57. The summed E-state index contributed by atoms with van der Waals surface area (Å²) in [6.07, 6.45) is 1.49. The van der Waals surface area contributed by atoms with E-state index in [1.54, 1.807) is 12.1 Å². The van der Waals surface area contributed by atoms with E-state index < -0.39 is 16.4 Å². The summed E-state index contributed by atoms with van der Waals surface area (Å²) in [6.45, 7) is -0.455. The Balaban J connectivity index is 2.78. The van der Waals surface area contributed by atoms with Crippen LogP contribution in [0.1, 0.15) is 5.56 Å². The van der Waals surface area contributed by atoms with Crippen molar-refractivity contribution in [3.63, 3.8) is 0 Å². The van der Waals surface area contributed by atoms with Crippen LogP contribution in [0.2, 0.25) is 0 Å². The summed E-state index contributed by atoms with van der Waals surface area (Å²) in [5, 5.41) is 8.90. The molecule has 0 atom stereocenters. The second kappa shape index (κ2) is 3.18. The molecule has 0 bridgehead atoms. The summed E-state index contributed by atoms with van der Waals surface area (Å²) in [5.74, 6) is 0. The van der Waals surface area contributed by atoms with Gasteiger partial charge in [0.05, 0.1) is 16.4 Å². The van der Waals surface area contributed by atoms with Gasteiger partial charge in [-0.15, -0.1) is 0 Å². The van der Waals surface area contributed by atoms with Gasteiger partial charge in [-0.2, -0.15) is 0 Å². The molecule has 0 spiro atoms. The third-order valence-electron chi connectivity index (χ3n) is 2.11. The van der Waals surface area contributed by atoms with E-state index in [0.717, 1.165) is 4.47 Å². The molecule has 3 nitrogen and oxygen atoms in total. The zero-order chi connectivity index (χ0) is 10.3. The van der Waals surface area contributed by atoms with Crippen molar-refractivity contribution >= 4 is 31.8 Å². The van der Waals surface area contributed by atoms with Crippen LogP contribution >= 0.6 is 15.9 Å². The lowest BCUT2D eigenvalue weighted by Gasteiger charge is -2.00. The van der Waals surface area contributed by atoms with E-state index >= 15 is 0 Å². The van der Waals surface area contributed by atoms with Gasteiger partial charge in [0.2, 0.25) is 9.84 Å². The van der Waals surface area contributed by atoms with Gasteiger partial charge in [0.25, 0.3) is 0 Å². The second-order valence-corrected chi connectivity index (χ2v) is 5.75. The standard InChI is InChI=1S/C9H7BrO3S/c10-8-2-1-3-9-7(8)4-6(5-11)14(9,12)13/h1-4,11H,5H2. The van der Waals surface area contributed by atoms with Crippen molar-refractivity contribution < 1.29 is 13.5 Å². The number of hydrogen-bond donors (Lipinski definition) is 1. The van der Waals surface area contributed by atoms with Gasteiger partial charge in [-0.05, 0) is 18.2 Å². The highest BCUT2D eigenvalue weighted by atomic mass is 79.9. The third-order valence-corrected chi connectivity index (χ3v) is 4.67. The molecule has 0 saturated carbocycles. The SMILES string of the molecule is O=S1(=O)C(CO)=Cc2c(Br)cccc21. The summed E-state index contributed by atoms with van der Waals surface area (Å²) < 4.78 is 24.2. The molecule has 0 aromatic heterocycles. The molecule has 1 N–H and O–H groups in total. The zero-order valence-electron chi connectivity index (χ0n) is 7.07. The van der Waals surface area contributed by atoms with Gasteiger partial charge in [-0.25, -0.2) is 8.42 Å². The lowest BCUT2D eigenvalue weighted by Crippen LogP contribution is -2.03. The summed E-state index contributed by atoms with van der Waals surface area (Å²) in [4.78, 5) is 0.315. The van der Waals surface area contributed by atoms with Gasteiger partial charge in [-0.1, -0.05) is 22.0 Å². The molecule has 1 heterocycles. The molecule has 74 valence electrons. The van der Waals surface area contributed by atoms with Crippen LogP contribution in [0.5, 0.6) is 0 Å². The average molecular weight is 275 g/mol. The maximum absolute atomic E-state index is 11.7. The van der Waals surface area contributed by atoms with Crippen molar-refractivity contribution in [3.05, 3.63) is 33.1 Å². The van der Waals surface area contributed by atoms with Crippen LogP contribution in [0.15, 0.2) is 32.5 Å². The predicted octanol–water partition coefficient (Wildman–Crippen LogP) is 1.57. The number of rotatable bonds is 1. The van der Waals surface area contributed by atoms with E-state index in [4.69, 9.17) is 5.11 Å². The largest absolute Gasteiger partial charge is 0.391 e. The van der Waals surface area contributed by atoms with E-state index in [9.17, 15) is 8.42 Å². The fourth-order valence-electron chi connectivity index (χ4n) is 1.40. The first-order valence-electron chi connectivity index (χ1n) is 3.92. The van der Waals surface area contributed by atoms with Gasteiger partial charge >= 0.3 is 0 Å². The van der Waals surface area contributed by atoms with Crippen LogP contribution in [-0.4, -0.2) is 20.1 Å². The van der Waals surface area contributed by atoms with Gasteiger partial charge < -0.3 is 5.11 Å². The molecule has 1 aromatic rings. The van der Waals surface area contributed by atoms with E-state index in [1.807, 2.05) is 0 Å². The van der Waals surface area contributed by atoms with Crippen LogP contribution in [0, 0.1) is 0 Å². The highest BCUT2D eigenvalue weighted by molar-refractivity contribution is 9.10. The molecular weight excluding hydrogens is 268 g/mol. The number of halogens is 1. The Kier molecular flexibility index (Phi) is 2.25. The fraction of sp³-hybridized carbons (Fsp3) is 0.111. The molecule has 0 amide bonds. The molecular formula is C9H7BrO3S. The molecule has 0 radical (unpaired) electrons. The summed E-state index contributed by atoms with van der Waals surface area (Å²) in [5.41, 5.74) is 0.622. The van der Waals surface area contributed by atoms with Crippen LogP contribution in [0.25, 0.3) is 6.08 Å². The van der Waals surface area contributed by atoms with E-state index in [0.29, 0.717) is 5.56 Å². The molecule has 0 unspecified atom stereocenters. The van der Waals surface area contributed by atoms with E-state index in [1.165, 1.54) is 12.1 Å². The lowest BCUT2D eigenvalue weighted by atomic mass is 10.2. The summed E-state index contributed by atoms with van der Waals surface area (Å²) >= 11 is 3.26. The number of hydrogen-bond acceptors (Lipinski definition) is 3. The molecule has 14 heavy (non-hydrogen) atoms. The maximum atomic E-state index is 11.7. The quantitative estimate of drug-likeness (QED) is 0.846. The Labute approximate surface area is 90.1 Å². The van der Waals surface area contributed by atoms with Crippen LogP contribution in [-0.2, 0) is 9.84 Å². The molecule has 0 aliphatic carbocycles. The first kappa shape index (κ1) is 9.89.